The first-order valence-corrected chi connectivity index (χ1v) is 13.5. The highest BCUT2D eigenvalue weighted by Gasteiger charge is 2.32. The molecular weight excluding hydrogens is 507 g/mol. The standard InChI is InChI=1S/C29H27FN2O5S/c1-5-18-13-19(15-20(30)14-18)26-16-23-25(32(26)38(34,35)21-9-7-6-8-10-21)12-11-22-24(17-36-27(22)23)31-28(33)37-29(2,3)4/h5-16,24H,1,17H2,2-4H3,(H,31,33). The molecule has 38 heavy (non-hydrogen) atoms. The van der Waals surface area contributed by atoms with Crippen LogP contribution in [0.1, 0.15) is 37.9 Å². The molecule has 0 bridgehead atoms. The van der Waals surface area contributed by atoms with Crippen LogP contribution in [0, 0.1) is 5.82 Å². The van der Waals surface area contributed by atoms with Gasteiger partial charge < -0.3 is 14.8 Å². The van der Waals surface area contributed by atoms with Crippen molar-refractivity contribution in [3.8, 4) is 17.0 Å². The second-order valence-electron chi connectivity index (χ2n) is 10.0. The maximum absolute atomic E-state index is 14.5. The molecule has 0 spiro atoms. The minimum Gasteiger partial charge on any atom is -0.490 e. The summed E-state index contributed by atoms with van der Waals surface area (Å²) in [7, 11) is -4.08. The maximum atomic E-state index is 14.5. The summed E-state index contributed by atoms with van der Waals surface area (Å²) in [6.45, 7) is 9.19. The third-order valence-electron chi connectivity index (χ3n) is 6.12. The summed E-state index contributed by atoms with van der Waals surface area (Å²) in [4.78, 5) is 12.5. The van der Waals surface area contributed by atoms with Crippen molar-refractivity contribution in [1.82, 2.24) is 9.29 Å². The molecule has 0 saturated heterocycles. The monoisotopic (exact) mass is 534 g/mol. The number of alkyl carbamates (subject to hydrolysis) is 1. The minimum absolute atomic E-state index is 0.0879. The van der Waals surface area contributed by atoms with Crippen LogP contribution in [0.4, 0.5) is 9.18 Å². The fourth-order valence-electron chi connectivity index (χ4n) is 4.54. The van der Waals surface area contributed by atoms with E-state index in [1.165, 1.54) is 34.3 Å². The molecule has 4 aromatic rings. The number of amides is 1. The molecule has 3 aromatic carbocycles. The van der Waals surface area contributed by atoms with Gasteiger partial charge >= 0.3 is 6.09 Å². The number of aromatic nitrogens is 1. The van der Waals surface area contributed by atoms with Gasteiger partial charge in [-0.3, -0.25) is 0 Å². The Balaban J connectivity index is 1.70. The van der Waals surface area contributed by atoms with E-state index in [-0.39, 0.29) is 17.2 Å². The Hall–Kier alpha value is -4.11. The molecule has 1 N–H and O–H groups in total. The van der Waals surface area contributed by atoms with Crippen molar-refractivity contribution in [3.05, 3.63) is 90.3 Å². The Bertz CT molecular complexity index is 1670. The topological polar surface area (TPSA) is 86.6 Å². The van der Waals surface area contributed by atoms with Crippen molar-refractivity contribution in [2.45, 2.75) is 37.3 Å². The van der Waals surface area contributed by atoms with E-state index in [0.29, 0.717) is 33.3 Å². The number of ether oxygens (including phenoxy) is 2. The molecule has 1 aliphatic heterocycles. The molecule has 1 aromatic heterocycles. The van der Waals surface area contributed by atoms with E-state index in [1.807, 2.05) is 0 Å². The minimum atomic E-state index is -4.08. The zero-order valence-corrected chi connectivity index (χ0v) is 22.0. The zero-order valence-electron chi connectivity index (χ0n) is 21.2. The van der Waals surface area contributed by atoms with E-state index < -0.39 is 33.6 Å². The van der Waals surface area contributed by atoms with E-state index in [0.717, 1.165) is 0 Å². The number of nitrogens with one attached hydrogen (secondary N) is 1. The van der Waals surface area contributed by atoms with Gasteiger partial charge in [0.2, 0.25) is 0 Å². The van der Waals surface area contributed by atoms with Crippen molar-refractivity contribution in [1.29, 1.82) is 0 Å². The molecule has 5 rings (SSSR count). The smallest absolute Gasteiger partial charge is 0.408 e. The lowest BCUT2D eigenvalue weighted by molar-refractivity contribution is 0.0497. The number of fused-ring (bicyclic) bond motifs is 3. The average molecular weight is 535 g/mol. The summed E-state index contributed by atoms with van der Waals surface area (Å²) < 4.78 is 54.9. The summed E-state index contributed by atoms with van der Waals surface area (Å²) in [6.07, 6.45) is 0.916. The van der Waals surface area contributed by atoms with Gasteiger partial charge in [0.15, 0.2) is 0 Å². The second-order valence-corrected chi connectivity index (χ2v) is 11.8. The lowest BCUT2D eigenvalue weighted by Crippen LogP contribution is -2.35. The quantitative estimate of drug-likeness (QED) is 0.325. The number of carbonyl (C=O) groups is 1. The van der Waals surface area contributed by atoms with Gasteiger partial charge in [-0.15, -0.1) is 0 Å². The molecule has 0 fully saturated rings. The second kappa shape index (κ2) is 9.33. The van der Waals surface area contributed by atoms with Crippen LogP contribution >= 0.6 is 0 Å². The molecule has 0 saturated carbocycles. The van der Waals surface area contributed by atoms with E-state index >= 15 is 0 Å². The van der Waals surface area contributed by atoms with E-state index in [1.54, 1.807) is 63.2 Å². The predicted octanol–water partition coefficient (Wildman–Crippen LogP) is 6.29. The molecule has 1 unspecified atom stereocenters. The van der Waals surface area contributed by atoms with Crippen molar-refractivity contribution in [2.75, 3.05) is 6.61 Å². The van der Waals surface area contributed by atoms with Crippen molar-refractivity contribution < 1.29 is 27.1 Å². The molecule has 9 heteroatoms. The van der Waals surface area contributed by atoms with Gasteiger partial charge in [-0.05, 0) is 68.8 Å². The first kappa shape index (κ1) is 25.5. The molecule has 1 amide bonds. The summed E-state index contributed by atoms with van der Waals surface area (Å²) in [5.41, 5.74) is 1.54. The first-order chi connectivity index (χ1) is 18.0. The van der Waals surface area contributed by atoms with Crippen molar-refractivity contribution >= 4 is 33.1 Å². The van der Waals surface area contributed by atoms with Crippen LogP contribution in [0.3, 0.4) is 0 Å². The highest BCUT2D eigenvalue weighted by Crippen LogP contribution is 2.43. The lowest BCUT2D eigenvalue weighted by Gasteiger charge is -2.21. The van der Waals surface area contributed by atoms with Crippen LogP contribution in [-0.2, 0) is 14.8 Å². The van der Waals surface area contributed by atoms with Gasteiger partial charge in [0.25, 0.3) is 10.0 Å². The first-order valence-electron chi connectivity index (χ1n) is 12.0. The zero-order chi connectivity index (χ0) is 27.2. The number of carbonyl (C=O) groups excluding carboxylic acids is 1. The molecule has 1 aliphatic rings. The average Bonchev–Trinajstić information content (AvgIpc) is 3.45. The summed E-state index contributed by atoms with van der Waals surface area (Å²) in [6, 6.07) is 16.9. The molecular formula is C29H27FN2O5S. The highest BCUT2D eigenvalue weighted by atomic mass is 32.2. The third-order valence-corrected chi connectivity index (χ3v) is 7.86. The van der Waals surface area contributed by atoms with Gasteiger partial charge in [-0.25, -0.2) is 21.6 Å². The molecule has 1 atom stereocenters. The van der Waals surface area contributed by atoms with Crippen LogP contribution in [0.15, 0.2) is 78.2 Å². The van der Waals surface area contributed by atoms with Gasteiger partial charge in [-0.2, -0.15) is 0 Å². The number of halogens is 1. The normalized spacial score (nSPS) is 15.1. The Morgan fingerprint density at radius 2 is 1.87 bits per heavy atom. The van der Waals surface area contributed by atoms with Crippen LogP contribution < -0.4 is 10.1 Å². The highest BCUT2D eigenvalue weighted by molar-refractivity contribution is 7.90. The van der Waals surface area contributed by atoms with Crippen molar-refractivity contribution in [2.24, 2.45) is 0 Å². The largest absolute Gasteiger partial charge is 0.490 e. The number of nitrogens with zero attached hydrogens (tertiary/aromatic N) is 1. The predicted molar refractivity (Wildman–Crippen MR) is 144 cm³/mol. The van der Waals surface area contributed by atoms with Gasteiger partial charge in [0.05, 0.1) is 22.1 Å². The number of rotatable bonds is 5. The molecule has 196 valence electrons. The molecule has 0 aliphatic carbocycles. The Labute approximate surface area is 220 Å². The van der Waals surface area contributed by atoms with Gasteiger partial charge in [-0.1, -0.05) is 36.9 Å². The Kier molecular flexibility index (Phi) is 6.27. The van der Waals surface area contributed by atoms with Gasteiger partial charge in [0.1, 0.15) is 23.8 Å². The maximum Gasteiger partial charge on any atom is 0.408 e. The van der Waals surface area contributed by atoms with Crippen LogP contribution in [-0.4, -0.2) is 30.7 Å². The Morgan fingerprint density at radius 1 is 1.13 bits per heavy atom. The fraction of sp³-hybridized carbons (Fsp3) is 0.207. The number of hydrogen-bond acceptors (Lipinski definition) is 5. The van der Waals surface area contributed by atoms with Crippen molar-refractivity contribution in [3.63, 3.8) is 0 Å². The number of hydrogen-bond donors (Lipinski definition) is 1. The number of benzene rings is 3. The SMILES string of the molecule is C=Cc1cc(F)cc(-c2cc3c4c(ccc3n2S(=O)(=O)c2ccccc2)C(NC(=O)OC(C)(C)C)CO4)c1. The van der Waals surface area contributed by atoms with Gasteiger partial charge in [0, 0.05) is 16.5 Å². The van der Waals surface area contributed by atoms with E-state index in [2.05, 4.69) is 11.9 Å². The molecule has 2 heterocycles. The lowest BCUT2D eigenvalue weighted by atomic mass is 10.1. The summed E-state index contributed by atoms with van der Waals surface area (Å²) in [5.74, 6) is -0.0680. The van der Waals surface area contributed by atoms with E-state index in [4.69, 9.17) is 9.47 Å². The Morgan fingerprint density at radius 3 is 2.55 bits per heavy atom. The van der Waals surface area contributed by atoms with Crippen LogP contribution in [0.5, 0.6) is 5.75 Å². The van der Waals surface area contributed by atoms with E-state index in [9.17, 15) is 17.6 Å². The fourth-order valence-corrected chi connectivity index (χ4v) is 6.09. The molecule has 0 radical (unpaired) electrons. The van der Waals surface area contributed by atoms with Crippen LogP contribution in [0.25, 0.3) is 28.2 Å². The summed E-state index contributed by atoms with van der Waals surface area (Å²) in [5, 5.41) is 3.34. The molecule has 7 nitrogen and oxygen atoms in total. The third kappa shape index (κ3) is 4.65. The van der Waals surface area contributed by atoms with Crippen LogP contribution in [0.2, 0.25) is 0 Å². The summed E-state index contributed by atoms with van der Waals surface area (Å²) >= 11 is 0.